The van der Waals surface area contributed by atoms with Gasteiger partial charge in [-0.15, -0.1) is 0 Å². The SMILES string of the molecule is O=C(O)CCN1CCC2(CCc3ccccc3O2)C1. The summed E-state index contributed by atoms with van der Waals surface area (Å²) in [6.45, 7) is 2.42. The van der Waals surface area contributed by atoms with E-state index in [1.807, 2.05) is 18.2 Å². The number of hydrogen-bond acceptors (Lipinski definition) is 3. The van der Waals surface area contributed by atoms with Crippen molar-refractivity contribution >= 4 is 5.97 Å². The van der Waals surface area contributed by atoms with Crippen LogP contribution >= 0.6 is 0 Å². The largest absolute Gasteiger partial charge is 0.486 e. The minimum atomic E-state index is -0.726. The first-order valence-electron chi connectivity index (χ1n) is 6.88. The monoisotopic (exact) mass is 261 g/mol. The molecule has 0 aliphatic carbocycles. The third kappa shape index (κ3) is 2.59. The number of nitrogens with zero attached hydrogens (tertiary/aromatic N) is 1. The zero-order chi connectivity index (χ0) is 13.3. The fourth-order valence-corrected chi connectivity index (χ4v) is 3.12. The number of benzene rings is 1. The Balaban J connectivity index is 1.66. The Labute approximate surface area is 113 Å². The van der Waals surface area contributed by atoms with Crippen LogP contribution in [0.25, 0.3) is 0 Å². The highest BCUT2D eigenvalue weighted by molar-refractivity contribution is 5.66. The number of likely N-dealkylation sites (tertiary alicyclic amines) is 1. The topological polar surface area (TPSA) is 49.8 Å². The van der Waals surface area contributed by atoms with Gasteiger partial charge in [-0.1, -0.05) is 18.2 Å². The van der Waals surface area contributed by atoms with Gasteiger partial charge < -0.3 is 9.84 Å². The molecule has 3 rings (SSSR count). The van der Waals surface area contributed by atoms with E-state index in [1.165, 1.54) is 5.56 Å². The van der Waals surface area contributed by atoms with Crippen LogP contribution in [0.1, 0.15) is 24.8 Å². The van der Waals surface area contributed by atoms with E-state index in [0.29, 0.717) is 6.54 Å². The second-order valence-corrected chi connectivity index (χ2v) is 5.56. The van der Waals surface area contributed by atoms with Gasteiger partial charge in [-0.2, -0.15) is 0 Å². The summed E-state index contributed by atoms with van der Waals surface area (Å²) in [6.07, 6.45) is 3.31. The van der Waals surface area contributed by atoms with Gasteiger partial charge in [-0.25, -0.2) is 0 Å². The van der Waals surface area contributed by atoms with Crippen molar-refractivity contribution in [3.8, 4) is 5.75 Å². The molecule has 4 heteroatoms. The molecule has 1 aromatic rings. The Kier molecular flexibility index (Phi) is 3.19. The third-order valence-corrected chi connectivity index (χ3v) is 4.19. The van der Waals surface area contributed by atoms with E-state index in [9.17, 15) is 4.79 Å². The number of fused-ring (bicyclic) bond motifs is 1. The quantitative estimate of drug-likeness (QED) is 0.903. The summed E-state index contributed by atoms with van der Waals surface area (Å²) >= 11 is 0. The van der Waals surface area contributed by atoms with Gasteiger partial charge in [0.25, 0.3) is 0 Å². The maximum Gasteiger partial charge on any atom is 0.304 e. The Morgan fingerprint density at radius 1 is 1.37 bits per heavy atom. The van der Waals surface area contributed by atoms with Crippen molar-refractivity contribution in [1.82, 2.24) is 4.90 Å². The van der Waals surface area contributed by atoms with Crippen LogP contribution in [0, 0.1) is 0 Å². The summed E-state index contributed by atoms with van der Waals surface area (Å²) < 4.78 is 6.23. The van der Waals surface area contributed by atoms with Crippen LogP contribution in [-0.4, -0.2) is 41.2 Å². The molecule has 0 aromatic heterocycles. The molecule has 0 amide bonds. The van der Waals surface area contributed by atoms with E-state index < -0.39 is 5.97 Å². The van der Waals surface area contributed by atoms with E-state index in [1.54, 1.807) is 0 Å². The lowest BCUT2D eigenvalue weighted by molar-refractivity contribution is -0.137. The Hall–Kier alpha value is -1.55. The predicted octanol–water partition coefficient (Wildman–Crippen LogP) is 1.93. The molecule has 102 valence electrons. The summed E-state index contributed by atoms with van der Waals surface area (Å²) in [7, 11) is 0. The van der Waals surface area contributed by atoms with Crippen molar-refractivity contribution < 1.29 is 14.6 Å². The van der Waals surface area contributed by atoms with Gasteiger partial charge in [0.05, 0.1) is 6.42 Å². The lowest BCUT2D eigenvalue weighted by Crippen LogP contribution is -2.42. The van der Waals surface area contributed by atoms with Crippen molar-refractivity contribution in [2.75, 3.05) is 19.6 Å². The summed E-state index contributed by atoms with van der Waals surface area (Å²) in [4.78, 5) is 12.8. The first-order valence-corrected chi connectivity index (χ1v) is 6.88. The highest BCUT2D eigenvalue weighted by atomic mass is 16.5. The lowest BCUT2D eigenvalue weighted by Gasteiger charge is -2.35. The summed E-state index contributed by atoms with van der Waals surface area (Å²) in [6, 6.07) is 8.22. The summed E-state index contributed by atoms with van der Waals surface area (Å²) in [5, 5.41) is 8.75. The van der Waals surface area contributed by atoms with Gasteiger partial charge >= 0.3 is 5.97 Å². The fourth-order valence-electron chi connectivity index (χ4n) is 3.12. The number of hydrogen-bond donors (Lipinski definition) is 1. The van der Waals surface area contributed by atoms with Crippen LogP contribution in [-0.2, 0) is 11.2 Å². The lowest BCUT2D eigenvalue weighted by atomic mass is 9.90. The van der Waals surface area contributed by atoms with Crippen molar-refractivity contribution in [3.05, 3.63) is 29.8 Å². The maximum absolute atomic E-state index is 10.6. The first kappa shape index (κ1) is 12.5. The molecule has 0 radical (unpaired) electrons. The van der Waals surface area contributed by atoms with Gasteiger partial charge in [-0.05, 0) is 24.5 Å². The average molecular weight is 261 g/mol. The fraction of sp³-hybridized carbons (Fsp3) is 0.533. The second kappa shape index (κ2) is 4.85. The van der Waals surface area contributed by atoms with Crippen LogP contribution in [0.15, 0.2) is 24.3 Å². The number of carboxylic acids is 1. The van der Waals surface area contributed by atoms with E-state index in [0.717, 1.165) is 38.1 Å². The van der Waals surface area contributed by atoms with Crippen molar-refractivity contribution in [2.24, 2.45) is 0 Å². The molecule has 1 spiro atoms. The molecular formula is C15H19NO3. The highest BCUT2D eigenvalue weighted by Crippen LogP contribution is 2.38. The smallest absolute Gasteiger partial charge is 0.304 e. The number of aryl methyl sites for hydroxylation is 1. The Bertz CT molecular complexity index is 488. The Morgan fingerprint density at radius 3 is 3.05 bits per heavy atom. The third-order valence-electron chi connectivity index (χ3n) is 4.19. The Morgan fingerprint density at radius 2 is 2.21 bits per heavy atom. The van der Waals surface area contributed by atoms with E-state index in [4.69, 9.17) is 9.84 Å². The average Bonchev–Trinajstić information content (AvgIpc) is 2.79. The molecule has 2 aliphatic rings. The van der Waals surface area contributed by atoms with Crippen LogP contribution < -0.4 is 4.74 Å². The number of aliphatic carboxylic acids is 1. The standard InChI is InChI=1S/C15H19NO3/c17-14(18)6-9-16-10-8-15(11-16)7-5-12-3-1-2-4-13(12)19-15/h1-4H,5-11H2,(H,17,18). The molecule has 2 aliphatic heterocycles. The molecule has 1 aromatic carbocycles. The maximum atomic E-state index is 10.6. The van der Waals surface area contributed by atoms with Crippen molar-refractivity contribution in [1.29, 1.82) is 0 Å². The molecule has 1 unspecified atom stereocenters. The number of carbonyl (C=O) groups is 1. The van der Waals surface area contributed by atoms with E-state index in [2.05, 4.69) is 11.0 Å². The van der Waals surface area contributed by atoms with Gasteiger partial charge in [0.2, 0.25) is 0 Å². The number of para-hydroxylation sites is 1. The predicted molar refractivity (Wildman–Crippen MR) is 71.4 cm³/mol. The van der Waals surface area contributed by atoms with Crippen LogP contribution in [0.4, 0.5) is 0 Å². The number of ether oxygens (including phenoxy) is 1. The zero-order valence-corrected chi connectivity index (χ0v) is 11.0. The van der Waals surface area contributed by atoms with Gasteiger partial charge in [-0.3, -0.25) is 9.69 Å². The van der Waals surface area contributed by atoms with Gasteiger partial charge in [0, 0.05) is 26.1 Å². The van der Waals surface area contributed by atoms with Crippen LogP contribution in [0.3, 0.4) is 0 Å². The highest BCUT2D eigenvalue weighted by Gasteiger charge is 2.42. The molecule has 1 saturated heterocycles. The molecule has 19 heavy (non-hydrogen) atoms. The number of carboxylic acid groups (broad SMARTS) is 1. The van der Waals surface area contributed by atoms with E-state index in [-0.39, 0.29) is 12.0 Å². The minimum absolute atomic E-state index is 0.0904. The van der Waals surface area contributed by atoms with Crippen LogP contribution in [0.5, 0.6) is 5.75 Å². The molecular weight excluding hydrogens is 242 g/mol. The minimum Gasteiger partial charge on any atom is -0.486 e. The van der Waals surface area contributed by atoms with E-state index >= 15 is 0 Å². The molecule has 0 bridgehead atoms. The molecule has 0 saturated carbocycles. The van der Waals surface area contributed by atoms with Crippen molar-refractivity contribution in [3.63, 3.8) is 0 Å². The van der Waals surface area contributed by atoms with Crippen molar-refractivity contribution in [2.45, 2.75) is 31.3 Å². The molecule has 2 heterocycles. The number of rotatable bonds is 3. The summed E-state index contributed by atoms with van der Waals surface area (Å²) in [5.41, 5.74) is 1.20. The summed E-state index contributed by atoms with van der Waals surface area (Å²) in [5.74, 6) is 0.282. The first-order chi connectivity index (χ1) is 9.17. The molecule has 4 nitrogen and oxygen atoms in total. The molecule has 1 N–H and O–H groups in total. The second-order valence-electron chi connectivity index (χ2n) is 5.56. The normalized spacial score (nSPS) is 26.1. The molecule has 1 fully saturated rings. The zero-order valence-electron chi connectivity index (χ0n) is 11.0. The van der Waals surface area contributed by atoms with Gasteiger partial charge in [0.15, 0.2) is 0 Å². The molecule has 1 atom stereocenters. The van der Waals surface area contributed by atoms with Crippen LogP contribution in [0.2, 0.25) is 0 Å². The van der Waals surface area contributed by atoms with Gasteiger partial charge in [0.1, 0.15) is 11.4 Å².